The van der Waals surface area contributed by atoms with E-state index in [0.29, 0.717) is 5.75 Å². The number of nitrogens with zero attached hydrogens (tertiary/aromatic N) is 1. The maximum atomic E-state index is 12.4. The highest BCUT2D eigenvalue weighted by Crippen LogP contribution is 2.28. The largest absolute Gasteiger partial charge is 0.495 e. The van der Waals surface area contributed by atoms with Crippen LogP contribution >= 0.6 is 0 Å². The fourth-order valence-corrected chi connectivity index (χ4v) is 2.51. The third-order valence-corrected chi connectivity index (χ3v) is 3.90. The maximum Gasteiger partial charge on any atom is 0.252 e. The number of aryl methyl sites for hydroxylation is 1. The minimum absolute atomic E-state index is 0.0586. The predicted octanol–water partition coefficient (Wildman–Crippen LogP) is 2.34. The lowest BCUT2D eigenvalue weighted by Gasteiger charge is -2.22. The van der Waals surface area contributed by atoms with Crippen molar-refractivity contribution in [3.05, 3.63) is 23.8 Å². The SMILES string of the molecule is CCC(C)N1C(=O)CC(Nc2ccc(C)cc2OC)C1=O. The first-order valence-corrected chi connectivity index (χ1v) is 7.25. The van der Waals surface area contributed by atoms with E-state index in [1.807, 2.05) is 39.0 Å². The van der Waals surface area contributed by atoms with Crippen molar-refractivity contribution in [3.8, 4) is 5.75 Å². The predicted molar refractivity (Wildman–Crippen MR) is 81.4 cm³/mol. The monoisotopic (exact) mass is 290 g/mol. The summed E-state index contributed by atoms with van der Waals surface area (Å²) >= 11 is 0. The van der Waals surface area contributed by atoms with Crippen LogP contribution in [0.5, 0.6) is 5.75 Å². The number of amides is 2. The highest BCUT2D eigenvalue weighted by molar-refractivity contribution is 6.07. The number of anilines is 1. The molecular weight excluding hydrogens is 268 g/mol. The Morgan fingerprint density at radius 3 is 2.76 bits per heavy atom. The lowest BCUT2D eigenvalue weighted by atomic mass is 10.1. The standard InChI is InChI=1S/C16H22N2O3/c1-5-11(3)18-15(19)9-13(16(18)20)17-12-7-6-10(2)8-14(12)21-4/h6-8,11,13,17H,5,9H2,1-4H3. The molecule has 0 bridgehead atoms. The van der Waals surface area contributed by atoms with Crippen LogP contribution in [0.15, 0.2) is 18.2 Å². The summed E-state index contributed by atoms with van der Waals surface area (Å²) in [5, 5.41) is 3.14. The average molecular weight is 290 g/mol. The van der Waals surface area contributed by atoms with E-state index in [1.165, 1.54) is 4.90 Å². The van der Waals surface area contributed by atoms with E-state index in [0.717, 1.165) is 17.7 Å². The molecule has 5 heteroatoms. The fraction of sp³-hybridized carbons (Fsp3) is 0.500. The van der Waals surface area contributed by atoms with Gasteiger partial charge in [-0.05, 0) is 38.0 Å². The van der Waals surface area contributed by atoms with Crippen LogP contribution in [0, 0.1) is 6.92 Å². The van der Waals surface area contributed by atoms with Crippen LogP contribution in [-0.4, -0.2) is 35.9 Å². The van der Waals surface area contributed by atoms with Gasteiger partial charge in [0.25, 0.3) is 5.91 Å². The van der Waals surface area contributed by atoms with Gasteiger partial charge in [-0.2, -0.15) is 0 Å². The average Bonchev–Trinajstić information content (AvgIpc) is 2.74. The van der Waals surface area contributed by atoms with Crippen LogP contribution in [0.2, 0.25) is 0 Å². The molecule has 114 valence electrons. The van der Waals surface area contributed by atoms with Gasteiger partial charge in [0.1, 0.15) is 11.8 Å². The Balaban J connectivity index is 2.18. The van der Waals surface area contributed by atoms with Crippen LogP contribution in [-0.2, 0) is 9.59 Å². The molecule has 1 aliphatic rings. The minimum atomic E-state index is -0.511. The normalized spacial score (nSPS) is 19.8. The summed E-state index contributed by atoms with van der Waals surface area (Å²) in [7, 11) is 1.59. The Labute approximate surface area is 125 Å². The molecule has 0 radical (unpaired) electrons. The quantitative estimate of drug-likeness (QED) is 0.846. The summed E-state index contributed by atoms with van der Waals surface area (Å²) in [6.45, 7) is 5.83. The van der Waals surface area contributed by atoms with Crippen molar-refractivity contribution in [3.63, 3.8) is 0 Å². The van der Waals surface area contributed by atoms with Crippen molar-refractivity contribution in [2.75, 3.05) is 12.4 Å². The first kappa shape index (κ1) is 15.4. The van der Waals surface area contributed by atoms with Gasteiger partial charge in [-0.1, -0.05) is 13.0 Å². The number of carbonyl (C=O) groups excluding carboxylic acids is 2. The molecule has 1 aromatic carbocycles. The van der Waals surface area contributed by atoms with Gasteiger partial charge in [-0.25, -0.2) is 0 Å². The van der Waals surface area contributed by atoms with Gasteiger partial charge in [0.15, 0.2) is 0 Å². The van der Waals surface area contributed by atoms with Crippen molar-refractivity contribution >= 4 is 17.5 Å². The molecule has 0 aromatic heterocycles. The molecule has 1 fully saturated rings. The zero-order valence-electron chi connectivity index (χ0n) is 13.0. The number of imide groups is 1. The minimum Gasteiger partial charge on any atom is -0.495 e. The molecule has 2 unspecified atom stereocenters. The van der Waals surface area contributed by atoms with Crippen LogP contribution in [0.4, 0.5) is 5.69 Å². The molecule has 0 aliphatic carbocycles. The number of ether oxygens (including phenoxy) is 1. The number of hydrogen-bond donors (Lipinski definition) is 1. The van der Waals surface area contributed by atoms with E-state index >= 15 is 0 Å². The molecule has 0 spiro atoms. The highest BCUT2D eigenvalue weighted by atomic mass is 16.5. The Kier molecular flexibility index (Phi) is 4.50. The van der Waals surface area contributed by atoms with Crippen LogP contribution < -0.4 is 10.1 Å². The Bertz CT molecular complexity index is 556. The number of benzene rings is 1. The van der Waals surface area contributed by atoms with E-state index in [4.69, 9.17) is 4.74 Å². The molecule has 2 amide bonds. The third-order valence-electron chi connectivity index (χ3n) is 3.90. The van der Waals surface area contributed by atoms with Crippen LogP contribution in [0.3, 0.4) is 0 Å². The maximum absolute atomic E-state index is 12.4. The van der Waals surface area contributed by atoms with Gasteiger partial charge < -0.3 is 10.1 Å². The number of nitrogens with one attached hydrogen (secondary N) is 1. The Morgan fingerprint density at radius 2 is 2.14 bits per heavy atom. The number of hydrogen-bond acceptors (Lipinski definition) is 4. The molecule has 1 aliphatic heterocycles. The number of carbonyl (C=O) groups is 2. The second-order valence-corrected chi connectivity index (χ2v) is 5.46. The summed E-state index contributed by atoms with van der Waals surface area (Å²) < 4.78 is 5.32. The smallest absolute Gasteiger partial charge is 0.252 e. The molecule has 0 saturated carbocycles. The van der Waals surface area contributed by atoms with Gasteiger partial charge in [0.05, 0.1) is 19.2 Å². The van der Waals surface area contributed by atoms with Gasteiger partial charge in [0.2, 0.25) is 5.91 Å². The molecule has 1 aromatic rings. The molecule has 21 heavy (non-hydrogen) atoms. The summed E-state index contributed by atoms with van der Waals surface area (Å²) in [5.74, 6) is 0.409. The summed E-state index contributed by atoms with van der Waals surface area (Å²) in [6.07, 6.45) is 0.957. The van der Waals surface area contributed by atoms with E-state index in [2.05, 4.69) is 5.32 Å². The fourth-order valence-electron chi connectivity index (χ4n) is 2.51. The number of likely N-dealkylation sites (tertiary alicyclic amines) is 1. The lowest BCUT2D eigenvalue weighted by Crippen LogP contribution is -2.40. The van der Waals surface area contributed by atoms with Gasteiger partial charge >= 0.3 is 0 Å². The molecule has 5 nitrogen and oxygen atoms in total. The van der Waals surface area contributed by atoms with Crippen molar-refractivity contribution in [1.82, 2.24) is 4.90 Å². The first-order valence-electron chi connectivity index (χ1n) is 7.25. The van der Waals surface area contributed by atoms with E-state index in [9.17, 15) is 9.59 Å². The second kappa shape index (κ2) is 6.16. The van der Waals surface area contributed by atoms with Gasteiger partial charge in [0, 0.05) is 6.04 Å². The van der Waals surface area contributed by atoms with E-state index in [-0.39, 0.29) is 24.3 Å². The van der Waals surface area contributed by atoms with Gasteiger partial charge in [-0.3, -0.25) is 14.5 Å². The molecule has 1 saturated heterocycles. The van der Waals surface area contributed by atoms with Gasteiger partial charge in [-0.15, -0.1) is 0 Å². The van der Waals surface area contributed by atoms with Crippen molar-refractivity contribution in [1.29, 1.82) is 0 Å². The zero-order valence-corrected chi connectivity index (χ0v) is 13.0. The first-order chi connectivity index (χ1) is 9.97. The molecule has 1 heterocycles. The molecule has 1 N–H and O–H groups in total. The second-order valence-electron chi connectivity index (χ2n) is 5.46. The summed E-state index contributed by atoms with van der Waals surface area (Å²) in [6, 6.07) is 5.15. The topological polar surface area (TPSA) is 58.6 Å². The molecular formula is C16H22N2O3. The van der Waals surface area contributed by atoms with Crippen LogP contribution in [0.25, 0.3) is 0 Å². The summed E-state index contributed by atoms with van der Waals surface area (Å²) in [4.78, 5) is 25.8. The van der Waals surface area contributed by atoms with Crippen molar-refractivity contribution < 1.29 is 14.3 Å². The Hall–Kier alpha value is -2.04. The van der Waals surface area contributed by atoms with E-state index in [1.54, 1.807) is 7.11 Å². The number of rotatable bonds is 5. The highest BCUT2D eigenvalue weighted by Gasteiger charge is 2.40. The third kappa shape index (κ3) is 3.01. The van der Waals surface area contributed by atoms with E-state index < -0.39 is 6.04 Å². The van der Waals surface area contributed by atoms with Crippen molar-refractivity contribution in [2.45, 2.75) is 45.7 Å². The number of methoxy groups -OCH3 is 1. The Morgan fingerprint density at radius 1 is 1.43 bits per heavy atom. The summed E-state index contributed by atoms with van der Waals surface area (Å²) in [5.41, 5.74) is 1.81. The molecule has 2 rings (SSSR count). The zero-order chi connectivity index (χ0) is 15.6. The van der Waals surface area contributed by atoms with Crippen LogP contribution in [0.1, 0.15) is 32.3 Å². The van der Waals surface area contributed by atoms with Crippen molar-refractivity contribution in [2.24, 2.45) is 0 Å². The lowest BCUT2D eigenvalue weighted by molar-refractivity contribution is -0.140. The molecule has 2 atom stereocenters.